The van der Waals surface area contributed by atoms with Gasteiger partial charge in [0.25, 0.3) is 5.91 Å². The summed E-state index contributed by atoms with van der Waals surface area (Å²) in [5, 5.41) is 1.17. The van der Waals surface area contributed by atoms with E-state index in [4.69, 9.17) is 4.74 Å². The number of anilines is 1. The molecule has 0 saturated carbocycles. The molecular formula is C19H18BrNO4S. The predicted octanol–water partition coefficient (Wildman–Crippen LogP) is 3.81. The second kappa shape index (κ2) is 7.63. The topological polar surface area (TPSA) is 63.7 Å². The molecule has 26 heavy (non-hydrogen) atoms. The molecule has 1 unspecified atom stereocenters. The Bertz CT molecular complexity index is 921. The fraction of sp³-hybridized carbons (Fsp3) is 0.211. The summed E-state index contributed by atoms with van der Waals surface area (Å²) in [4.78, 5) is 14.6. The van der Waals surface area contributed by atoms with Crippen molar-refractivity contribution in [2.75, 3.05) is 17.3 Å². The van der Waals surface area contributed by atoms with Crippen LogP contribution in [0.2, 0.25) is 0 Å². The van der Waals surface area contributed by atoms with Gasteiger partial charge in [0.2, 0.25) is 0 Å². The van der Waals surface area contributed by atoms with Crippen molar-refractivity contribution in [1.29, 1.82) is 0 Å². The fourth-order valence-corrected chi connectivity index (χ4v) is 4.31. The average Bonchev–Trinajstić information content (AvgIpc) is 2.97. The van der Waals surface area contributed by atoms with E-state index in [0.29, 0.717) is 23.6 Å². The summed E-state index contributed by atoms with van der Waals surface area (Å²) in [6.45, 7) is 2.44. The minimum absolute atomic E-state index is 0.123. The number of sulfone groups is 1. The largest absolute Gasteiger partial charge is 0.494 e. The number of hydrogen-bond donors (Lipinski definition) is 0. The summed E-state index contributed by atoms with van der Waals surface area (Å²) >= 11 is 3.35. The van der Waals surface area contributed by atoms with E-state index < -0.39 is 15.9 Å². The second-order valence-corrected chi connectivity index (χ2v) is 8.68. The lowest BCUT2D eigenvalue weighted by Gasteiger charge is -2.28. The van der Waals surface area contributed by atoms with Crippen molar-refractivity contribution in [1.82, 2.24) is 0 Å². The van der Waals surface area contributed by atoms with Crippen LogP contribution in [0.3, 0.4) is 0 Å². The summed E-state index contributed by atoms with van der Waals surface area (Å²) in [5.41, 5.74) is 1.10. The maximum Gasteiger partial charge on any atom is 0.258 e. The molecule has 0 aromatic heterocycles. The van der Waals surface area contributed by atoms with Crippen LogP contribution in [0.5, 0.6) is 5.75 Å². The number of amides is 1. The highest BCUT2D eigenvalue weighted by Crippen LogP contribution is 2.27. The third kappa shape index (κ3) is 4.16. The van der Waals surface area contributed by atoms with Gasteiger partial charge in [-0.15, -0.1) is 0 Å². The van der Waals surface area contributed by atoms with Crippen LogP contribution in [0.1, 0.15) is 17.3 Å². The first-order valence-corrected chi connectivity index (χ1v) is 10.6. The summed E-state index contributed by atoms with van der Waals surface area (Å²) in [7, 11) is -3.29. The number of carbonyl (C=O) groups excluding carboxylic acids is 1. The minimum atomic E-state index is -3.29. The van der Waals surface area contributed by atoms with Crippen LogP contribution in [0.4, 0.5) is 5.69 Å². The molecule has 5 nitrogen and oxygen atoms in total. The Balaban J connectivity index is 1.97. The number of carbonyl (C=O) groups is 1. The second-order valence-electron chi connectivity index (χ2n) is 5.83. The van der Waals surface area contributed by atoms with Crippen molar-refractivity contribution >= 4 is 37.4 Å². The number of hydrogen-bond acceptors (Lipinski definition) is 4. The molecule has 0 spiro atoms. The fourth-order valence-electron chi connectivity index (χ4n) is 2.78. The zero-order chi connectivity index (χ0) is 18.7. The molecule has 1 heterocycles. The Labute approximate surface area is 161 Å². The van der Waals surface area contributed by atoms with Gasteiger partial charge < -0.3 is 9.64 Å². The third-order valence-electron chi connectivity index (χ3n) is 3.98. The maximum absolute atomic E-state index is 13.1. The Hall–Kier alpha value is -2.12. The van der Waals surface area contributed by atoms with Crippen LogP contribution in [0.15, 0.2) is 64.5 Å². The van der Waals surface area contributed by atoms with Gasteiger partial charge in [0.15, 0.2) is 9.84 Å². The van der Waals surface area contributed by atoms with E-state index in [9.17, 15) is 13.2 Å². The van der Waals surface area contributed by atoms with E-state index in [1.807, 2.05) is 6.92 Å². The zero-order valence-corrected chi connectivity index (χ0v) is 16.5. The lowest BCUT2D eigenvalue weighted by Crippen LogP contribution is -2.41. The Kier molecular flexibility index (Phi) is 5.48. The first-order valence-electron chi connectivity index (χ1n) is 8.12. The molecule has 136 valence electrons. The van der Waals surface area contributed by atoms with Crippen molar-refractivity contribution in [2.24, 2.45) is 0 Å². The quantitative estimate of drug-likeness (QED) is 0.715. The summed E-state index contributed by atoms with van der Waals surface area (Å²) < 4.78 is 30.0. The standard InChI is InChI=1S/C19H18BrNO4S/c1-2-25-18-9-7-16(8-10-18)21(17-11-12-26(23,24)13-17)19(22)14-3-5-15(20)6-4-14/h3-12,17H,2,13H2,1H3. The smallest absolute Gasteiger partial charge is 0.258 e. The molecule has 1 aliphatic rings. The highest BCUT2D eigenvalue weighted by atomic mass is 79.9. The molecule has 0 aliphatic carbocycles. The number of nitrogens with zero attached hydrogens (tertiary/aromatic N) is 1. The lowest BCUT2D eigenvalue weighted by molar-refractivity contribution is 0.0983. The molecule has 7 heteroatoms. The van der Waals surface area contributed by atoms with Gasteiger partial charge in [-0.3, -0.25) is 4.79 Å². The number of ether oxygens (including phenoxy) is 1. The van der Waals surface area contributed by atoms with Crippen LogP contribution in [-0.4, -0.2) is 32.7 Å². The monoisotopic (exact) mass is 435 g/mol. The third-order valence-corrected chi connectivity index (χ3v) is 5.89. The molecule has 0 bridgehead atoms. The first kappa shape index (κ1) is 18.7. The Morgan fingerprint density at radius 2 is 1.81 bits per heavy atom. The molecule has 3 rings (SSSR count). The van der Waals surface area contributed by atoms with Gasteiger partial charge in [-0.05, 0) is 61.5 Å². The number of rotatable bonds is 5. The van der Waals surface area contributed by atoms with Crippen LogP contribution in [0.25, 0.3) is 0 Å². The number of benzene rings is 2. The highest BCUT2D eigenvalue weighted by Gasteiger charge is 2.32. The van der Waals surface area contributed by atoms with Crippen LogP contribution >= 0.6 is 15.9 Å². The van der Waals surface area contributed by atoms with Gasteiger partial charge in [-0.25, -0.2) is 8.42 Å². The summed E-state index contributed by atoms with van der Waals surface area (Å²) in [5.74, 6) is 0.318. The van der Waals surface area contributed by atoms with E-state index in [-0.39, 0.29) is 11.7 Å². The van der Waals surface area contributed by atoms with Crippen molar-refractivity contribution in [3.63, 3.8) is 0 Å². The van der Waals surface area contributed by atoms with Gasteiger partial charge in [0.05, 0.1) is 18.4 Å². The lowest BCUT2D eigenvalue weighted by atomic mass is 10.1. The molecule has 2 aromatic rings. The number of halogens is 1. The molecule has 0 radical (unpaired) electrons. The van der Waals surface area contributed by atoms with E-state index in [1.165, 1.54) is 10.3 Å². The van der Waals surface area contributed by atoms with Gasteiger partial charge in [0.1, 0.15) is 5.75 Å². The Morgan fingerprint density at radius 3 is 2.35 bits per heavy atom. The normalized spacial score (nSPS) is 17.8. The van der Waals surface area contributed by atoms with Crippen molar-refractivity contribution in [2.45, 2.75) is 13.0 Å². The molecule has 1 atom stereocenters. The summed E-state index contributed by atoms with van der Waals surface area (Å²) in [6.07, 6.45) is 1.56. The van der Waals surface area contributed by atoms with Crippen molar-refractivity contribution < 1.29 is 17.9 Å². The van der Waals surface area contributed by atoms with Crippen LogP contribution < -0.4 is 9.64 Å². The molecule has 0 N–H and O–H groups in total. The van der Waals surface area contributed by atoms with Crippen molar-refractivity contribution in [3.05, 3.63) is 70.1 Å². The van der Waals surface area contributed by atoms with E-state index in [0.717, 1.165) is 4.47 Å². The molecule has 1 amide bonds. The molecule has 0 saturated heterocycles. The maximum atomic E-state index is 13.1. The van der Waals surface area contributed by atoms with Gasteiger partial charge >= 0.3 is 0 Å². The van der Waals surface area contributed by atoms with Crippen molar-refractivity contribution in [3.8, 4) is 5.75 Å². The Morgan fingerprint density at radius 1 is 1.15 bits per heavy atom. The highest BCUT2D eigenvalue weighted by molar-refractivity contribution is 9.10. The van der Waals surface area contributed by atoms with Crippen LogP contribution in [-0.2, 0) is 9.84 Å². The van der Waals surface area contributed by atoms with E-state index in [2.05, 4.69) is 15.9 Å². The summed E-state index contributed by atoms with van der Waals surface area (Å²) in [6, 6.07) is 13.5. The van der Waals surface area contributed by atoms with E-state index >= 15 is 0 Å². The zero-order valence-electron chi connectivity index (χ0n) is 14.1. The average molecular weight is 436 g/mol. The molecule has 1 aliphatic heterocycles. The molecule has 0 fully saturated rings. The first-order chi connectivity index (χ1) is 12.4. The molecular weight excluding hydrogens is 418 g/mol. The van der Waals surface area contributed by atoms with Gasteiger partial charge in [-0.1, -0.05) is 15.9 Å². The van der Waals surface area contributed by atoms with E-state index in [1.54, 1.807) is 54.6 Å². The SMILES string of the molecule is CCOc1ccc(N(C(=O)c2ccc(Br)cc2)C2C=CS(=O)(=O)C2)cc1. The van der Waals surface area contributed by atoms with Gasteiger partial charge in [0, 0.05) is 21.1 Å². The van der Waals surface area contributed by atoms with Gasteiger partial charge in [-0.2, -0.15) is 0 Å². The minimum Gasteiger partial charge on any atom is -0.494 e. The predicted molar refractivity (Wildman–Crippen MR) is 105 cm³/mol. The molecule has 2 aromatic carbocycles. The van der Waals surface area contributed by atoms with Crippen LogP contribution in [0, 0.1) is 0 Å².